The first-order valence-electron chi connectivity index (χ1n) is 8.74. The second kappa shape index (κ2) is 8.93. The van der Waals surface area contributed by atoms with E-state index in [1.807, 2.05) is 29.7 Å². The topological polar surface area (TPSA) is 137 Å². The first-order valence-corrected chi connectivity index (χ1v) is 8.74. The van der Waals surface area contributed by atoms with Gasteiger partial charge in [-0.2, -0.15) is 0 Å². The minimum absolute atomic E-state index is 0.153. The van der Waals surface area contributed by atoms with Gasteiger partial charge in [0.1, 0.15) is 5.65 Å². The van der Waals surface area contributed by atoms with Crippen LogP contribution in [-0.4, -0.2) is 39.4 Å². The van der Waals surface area contributed by atoms with Crippen molar-refractivity contribution in [3.05, 3.63) is 53.9 Å². The van der Waals surface area contributed by atoms with Gasteiger partial charge >= 0.3 is 0 Å². The summed E-state index contributed by atoms with van der Waals surface area (Å²) in [7, 11) is 1.64. The summed E-state index contributed by atoms with van der Waals surface area (Å²) in [6, 6.07) is 3.73. The summed E-state index contributed by atoms with van der Waals surface area (Å²) in [5.74, 6) is 0.491. The molecule has 3 rings (SSSR count). The number of allylic oxidation sites excluding steroid dienone is 1. The van der Waals surface area contributed by atoms with Crippen LogP contribution in [0.4, 0.5) is 11.6 Å². The van der Waals surface area contributed by atoms with Crippen molar-refractivity contribution in [1.29, 1.82) is 10.9 Å². The molecule has 10 heteroatoms. The third-order valence-corrected chi connectivity index (χ3v) is 4.29. The maximum absolute atomic E-state index is 7.51. The molecule has 148 valence electrons. The van der Waals surface area contributed by atoms with Crippen LogP contribution in [0, 0.1) is 10.9 Å². The van der Waals surface area contributed by atoms with Crippen molar-refractivity contribution in [3.8, 4) is 0 Å². The van der Waals surface area contributed by atoms with E-state index in [0.717, 1.165) is 23.1 Å². The lowest BCUT2D eigenvalue weighted by Crippen LogP contribution is -2.11. The van der Waals surface area contributed by atoms with Crippen molar-refractivity contribution in [2.45, 2.75) is 19.6 Å². The average molecular weight is 391 g/mol. The quantitative estimate of drug-likeness (QED) is 0.376. The van der Waals surface area contributed by atoms with Gasteiger partial charge in [0.05, 0.1) is 36.4 Å². The molecule has 3 aromatic heterocycles. The molecule has 0 aliphatic heterocycles. The van der Waals surface area contributed by atoms with Gasteiger partial charge in [0.25, 0.3) is 0 Å². The molecule has 0 saturated heterocycles. The Kier molecular flexibility index (Phi) is 6.15. The molecule has 29 heavy (non-hydrogen) atoms. The maximum Gasteiger partial charge on any atom is 0.216 e. The van der Waals surface area contributed by atoms with Crippen LogP contribution in [0.5, 0.6) is 0 Å². The molecule has 0 bridgehead atoms. The monoisotopic (exact) mass is 391 g/mol. The molecular weight excluding hydrogens is 370 g/mol. The second-order valence-corrected chi connectivity index (χ2v) is 6.19. The first-order chi connectivity index (χ1) is 14.1. The average Bonchev–Trinajstić information content (AvgIpc) is 3.14. The Hall–Kier alpha value is -3.79. The highest BCUT2D eigenvalue weighted by atomic mass is 16.5. The fourth-order valence-corrected chi connectivity index (χ4v) is 2.82. The maximum atomic E-state index is 7.51. The summed E-state index contributed by atoms with van der Waals surface area (Å²) in [5.41, 5.74) is 11.0. The number of anilines is 1. The minimum Gasteiger partial charge on any atom is -0.378 e. The van der Waals surface area contributed by atoms with E-state index in [0.29, 0.717) is 23.7 Å². The standard InChI is InChI=1S/C19H21N9O/c1-12(13-4-5-17-23-8-15(11-29-3)28(17)10-13)25-19-18(27-21)24-9-16(26-19)14(6-20)7-22-2/h4-10,12,20-21H,2,11H2,1,3H3,(H,25,26)/b14-7+,20-6?,27-21?/t12-/m1/s1. The lowest BCUT2D eigenvalue weighted by atomic mass is 10.1. The van der Waals surface area contributed by atoms with Gasteiger partial charge in [0, 0.05) is 31.3 Å². The van der Waals surface area contributed by atoms with Crippen LogP contribution in [-0.2, 0) is 11.3 Å². The summed E-state index contributed by atoms with van der Waals surface area (Å²) in [5, 5.41) is 14.2. The van der Waals surface area contributed by atoms with Gasteiger partial charge in [0.15, 0.2) is 5.82 Å². The van der Waals surface area contributed by atoms with E-state index in [4.69, 9.17) is 15.7 Å². The largest absolute Gasteiger partial charge is 0.378 e. The van der Waals surface area contributed by atoms with Gasteiger partial charge in [0.2, 0.25) is 5.82 Å². The second-order valence-electron chi connectivity index (χ2n) is 6.19. The van der Waals surface area contributed by atoms with Crippen molar-refractivity contribution in [2.24, 2.45) is 10.1 Å². The number of nitrogens with zero attached hydrogens (tertiary/aromatic N) is 6. The number of hydrogen-bond acceptors (Lipinski definition) is 9. The van der Waals surface area contributed by atoms with Crippen LogP contribution in [0.3, 0.4) is 0 Å². The lowest BCUT2D eigenvalue weighted by molar-refractivity contribution is 0.181. The molecule has 1 atom stereocenters. The van der Waals surface area contributed by atoms with Gasteiger partial charge in [-0.15, -0.1) is 5.11 Å². The van der Waals surface area contributed by atoms with Gasteiger partial charge in [-0.1, -0.05) is 6.07 Å². The third-order valence-electron chi connectivity index (χ3n) is 4.29. The molecule has 0 spiro atoms. The van der Waals surface area contributed by atoms with Crippen LogP contribution in [0.2, 0.25) is 0 Å². The van der Waals surface area contributed by atoms with Crippen LogP contribution in [0.25, 0.3) is 11.2 Å². The van der Waals surface area contributed by atoms with Crippen LogP contribution < -0.4 is 5.32 Å². The van der Waals surface area contributed by atoms with Crippen molar-refractivity contribution in [1.82, 2.24) is 19.4 Å². The zero-order valence-corrected chi connectivity index (χ0v) is 16.1. The Bertz CT molecular complexity index is 1090. The van der Waals surface area contributed by atoms with E-state index < -0.39 is 0 Å². The normalized spacial score (nSPS) is 12.6. The Morgan fingerprint density at radius 3 is 2.90 bits per heavy atom. The third kappa shape index (κ3) is 4.22. The highest BCUT2D eigenvalue weighted by Crippen LogP contribution is 2.27. The predicted molar refractivity (Wildman–Crippen MR) is 111 cm³/mol. The number of nitrogens with one attached hydrogen (secondary N) is 3. The van der Waals surface area contributed by atoms with E-state index >= 15 is 0 Å². The Morgan fingerprint density at radius 2 is 2.21 bits per heavy atom. The molecular formula is C19H21N9O. The Morgan fingerprint density at radius 1 is 1.38 bits per heavy atom. The summed E-state index contributed by atoms with van der Waals surface area (Å²) in [6.07, 6.45) is 7.75. The zero-order chi connectivity index (χ0) is 20.8. The van der Waals surface area contributed by atoms with Crippen LogP contribution >= 0.6 is 0 Å². The predicted octanol–water partition coefficient (Wildman–Crippen LogP) is 3.80. The van der Waals surface area contributed by atoms with Crippen molar-refractivity contribution < 1.29 is 4.74 Å². The first kappa shape index (κ1) is 20.0. The molecule has 0 aliphatic rings. The van der Waals surface area contributed by atoms with Crippen LogP contribution in [0.15, 0.2) is 47.0 Å². The van der Waals surface area contributed by atoms with Gasteiger partial charge in [-0.3, -0.25) is 4.99 Å². The SMILES string of the molecule is C=N/C=C(\C=N)c1cnc(N=N)c(N[C@H](C)c2ccc3ncc(COC)n3c2)n1. The summed E-state index contributed by atoms with van der Waals surface area (Å²) in [4.78, 5) is 16.7. The summed E-state index contributed by atoms with van der Waals surface area (Å²) < 4.78 is 7.20. The highest BCUT2D eigenvalue weighted by molar-refractivity contribution is 6.07. The Balaban J connectivity index is 1.94. The molecule has 3 heterocycles. The van der Waals surface area contributed by atoms with E-state index in [-0.39, 0.29) is 11.9 Å². The molecule has 0 fully saturated rings. The van der Waals surface area contributed by atoms with E-state index in [1.54, 1.807) is 13.3 Å². The number of hydrogen-bond donors (Lipinski definition) is 3. The number of fused-ring (bicyclic) bond motifs is 1. The molecule has 0 aliphatic carbocycles. The minimum atomic E-state index is -0.160. The molecule has 0 amide bonds. The number of imidazole rings is 1. The highest BCUT2D eigenvalue weighted by Gasteiger charge is 2.14. The fourth-order valence-electron chi connectivity index (χ4n) is 2.82. The zero-order valence-electron chi connectivity index (χ0n) is 16.1. The smallest absolute Gasteiger partial charge is 0.216 e. The number of aliphatic imine (C=N–C) groups is 1. The van der Waals surface area contributed by atoms with Crippen molar-refractivity contribution >= 4 is 35.8 Å². The van der Waals surface area contributed by atoms with E-state index in [9.17, 15) is 0 Å². The summed E-state index contributed by atoms with van der Waals surface area (Å²) >= 11 is 0. The number of rotatable bonds is 9. The number of ether oxygens (including phenoxy) is 1. The van der Waals surface area contributed by atoms with Crippen molar-refractivity contribution in [2.75, 3.05) is 12.4 Å². The molecule has 0 radical (unpaired) electrons. The van der Waals surface area contributed by atoms with E-state index in [1.165, 1.54) is 12.4 Å². The molecule has 0 unspecified atom stereocenters. The molecule has 0 saturated carbocycles. The molecule has 0 aromatic carbocycles. The fraction of sp³-hybridized carbons (Fsp3) is 0.211. The summed E-state index contributed by atoms with van der Waals surface area (Å²) in [6.45, 7) is 5.82. The number of pyridine rings is 1. The molecule has 3 N–H and O–H groups in total. The van der Waals surface area contributed by atoms with Gasteiger partial charge in [-0.05, 0) is 25.3 Å². The molecule has 10 nitrogen and oxygen atoms in total. The van der Waals surface area contributed by atoms with E-state index in [2.05, 4.69) is 37.1 Å². The number of methoxy groups -OCH3 is 1. The van der Waals surface area contributed by atoms with Gasteiger partial charge in [-0.25, -0.2) is 20.5 Å². The van der Waals surface area contributed by atoms with Gasteiger partial charge < -0.3 is 19.9 Å². The lowest BCUT2D eigenvalue weighted by Gasteiger charge is -2.17. The number of aromatic nitrogens is 4. The van der Waals surface area contributed by atoms with Crippen molar-refractivity contribution in [3.63, 3.8) is 0 Å². The van der Waals surface area contributed by atoms with Crippen LogP contribution in [0.1, 0.15) is 29.9 Å². The Labute approximate surface area is 167 Å². The molecule has 3 aromatic rings.